The second kappa shape index (κ2) is 10.6. The molecule has 0 unspecified atom stereocenters. The smallest absolute Gasteiger partial charge is 0.264 e. The predicted octanol–water partition coefficient (Wildman–Crippen LogP) is 4.34. The first-order valence-electron chi connectivity index (χ1n) is 11.5. The summed E-state index contributed by atoms with van der Waals surface area (Å²) >= 11 is 0. The molecule has 0 bridgehead atoms. The Morgan fingerprint density at radius 2 is 1.66 bits per heavy atom. The topological polar surface area (TPSA) is 90.7 Å². The average molecular weight is 490 g/mol. The van der Waals surface area contributed by atoms with E-state index >= 15 is 0 Å². The molecule has 3 aromatic carbocycles. The summed E-state index contributed by atoms with van der Waals surface area (Å²) in [5.74, 6) is 0.456. The van der Waals surface area contributed by atoms with Crippen LogP contribution in [0, 0.1) is 11.3 Å². The highest BCUT2D eigenvalue weighted by atomic mass is 32.2. The number of sulfonamides is 1. The molecule has 8 heteroatoms. The van der Waals surface area contributed by atoms with E-state index in [0.29, 0.717) is 37.4 Å². The van der Waals surface area contributed by atoms with Crippen molar-refractivity contribution in [3.63, 3.8) is 0 Å². The number of rotatable bonds is 7. The van der Waals surface area contributed by atoms with Gasteiger partial charge in [0.05, 0.1) is 22.7 Å². The minimum absolute atomic E-state index is 0.0450. The molecule has 7 nitrogen and oxygen atoms in total. The lowest BCUT2D eigenvalue weighted by molar-refractivity contribution is -0.130. The van der Waals surface area contributed by atoms with E-state index in [2.05, 4.69) is 6.07 Å². The number of carbonyl (C=O) groups is 1. The lowest BCUT2D eigenvalue weighted by Crippen LogP contribution is -2.40. The number of carbonyl (C=O) groups excluding carboxylic acids is 1. The van der Waals surface area contributed by atoms with Crippen LogP contribution in [-0.4, -0.2) is 38.4 Å². The highest BCUT2D eigenvalue weighted by Crippen LogP contribution is 2.31. The van der Waals surface area contributed by atoms with E-state index in [9.17, 15) is 18.5 Å². The third-order valence-corrected chi connectivity index (χ3v) is 7.84. The SMILES string of the molecule is CC(=O)N1CCC(Oc2ccc(N(Cc3ccccc3)S(=O)(=O)c3ccccc3)cc2C#N)CC1. The highest BCUT2D eigenvalue weighted by molar-refractivity contribution is 7.92. The summed E-state index contributed by atoms with van der Waals surface area (Å²) < 4.78 is 34.6. The third-order valence-electron chi connectivity index (χ3n) is 6.05. The molecule has 0 radical (unpaired) electrons. The Labute approximate surface area is 206 Å². The first-order valence-corrected chi connectivity index (χ1v) is 12.9. The van der Waals surface area contributed by atoms with Gasteiger partial charge in [0, 0.05) is 32.9 Å². The number of anilines is 1. The average Bonchev–Trinajstić information content (AvgIpc) is 2.89. The fraction of sp³-hybridized carbons (Fsp3) is 0.259. The van der Waals surface area contributed by atoms with Crippen molar-refractivity contribution in [2.45, 2.75) is 37.3 Å². The number of piperidine rings is 1. The van der Waals surface area contributed by atoms with Gasteiger partial charge in [0.2, 0.25) is 5.91 Å². The lowest BCUT2D eigenvalue weighted by Gasteiger charge is -2.32. The van der Waals surface area contributed by atoms with Gasteiger partial charge in [-0.05, 0) is 35.9 Å². The molecule has 0 aliphatic carbocycles. The fourth-order valence-corrected chi connectivity index (χ4v) is 5.58. The number of amides is 1. The van der Waals surface area contributed by atoms with Gasteiger partial charge in [-0.15, -0.1) is 0 Å². The van der Waals surface area contributed by atoms with Gasteiger partial charge in [-0.1, -0.05) is 48.5 Å². The molecule has 3 aromatic rings. The monoisotopic (exact) mass is 489 g/mol. The molecule has 0 N–H and O–H groups in total. The molecule has 4 rings (SSSR count). The Hall–Kier alpha value is -3.83. The van der Waals surface area contributed by atoms with E-state index in [0.717, 1.165) is 5.56 Å². The molecule has 1 aliphatic heterocycles. The standard InChI is InChI=1S/C27H27N3O4S/c1-21(31)29-16-14-25(15-17-29)34-27-13-12-24(18-23(27)19-28)30(20-22-8-4-2-5-9-22)35(32,33)26-10-6-3-7-11-26/h2-13,18,25H,14-17,20H2,1H3. The molecular formula is C27H27N3O4S. The maximum atomic E-state index is 13.6. The Morgan fingerprint density at radius 1 is 1.03 bits per heavy atom. The van der Waals surface area contributed by atoms with Gasteiger partial charge in [-0.2, -0.15) is 5.26 Å². The number of likely N-dealkylation sites (tertiary alicyclic amines) is 1. The van der Waals surface area contributed by atoms with E-state index in [-0.39, 0.29) is 29.0 Å². The van der Waals surface area contributed by atoms with Gasteiger partial charge < -0.3 is 9.64 Å². The molecule has 0 aromatic heterocycles. The Morgan fingerprint density at radius 3 is 2.26 bits per heavy atom. The van der Waals surface area contributed by atoms with Crippen LogP contribution < -0.4 is 9.04 Å². The van der Waals surface area contributed by atoms with Gasteiger partial charge in [-0.3, -0.25) is 9.10 Å². The first kappa shape index (κ1) is 24.3. The van der Waals surface area contributed by atoms with E-state index in [4.69, 9.17) is 4.74 Å². The zero-order valence-electron chi connectivity index (χ0n) is 19.5. The van der Waals surface area contributed by atoms with Crippen LogP contribution in [0.25, 0.3) is 0 Å². The van der Waals surface area contributed by atoms with Gasteiger partial charge in [0.25, 0.3) is 10.0 Å². The number of nitrogens with zero attached hydrogens (tertiary/aromatic N) is 3. The van der Waals surface area contributed by atoms with E-state index in [1.807, 2.05) is 30.3 Å². The summed E-state index contributed by atoms with van der Waals surface area (Å²) in [4.78, 5) is 13.5. The van der Waals surface area contributed by atoms with Gasteiger partial charge in [-0.25, -0.2) is 8.42 Å². The second-order valence-corrected chi connectivity index (χ2v) is 10.3. The third kappa shape index (κ3) is 5.64. The molecule has 1 heterocycles. The lowest BCUT2D eigenvalue weighted by atomic mass is 10.1. The summed E-state index contributed by atoms with van der Waals surface area (Å²) in [6.07, 6.45) is 1.24. The molecule has 1 amide bonds. The summed E-state index contributed by atoms with van der Waals surface area (Å²) in [5, 5.41) is 9.83. The number of hydrogen-bond donors (Lipinski definition) is 0. The van der Waals surface area contributed by atoms with Gasteiger partial charge in [0.15, 0.2) is 0 Å². The number of benzene rings is 3. The first-order chi connectivity index (χ1) is 16.9. The number of nitriles is 1. The van der Waals surface area contributed by atoms with Crippen molar-refractivity contribution in [3.8, 4) is 11.8 Å². The molecule has 35 heavy (non-hydrogen) atoms. The van der Waals surface area contributed by atoms with Crippen molar-refractivity contribution >= 4 is 21.6 Å². The molecule has 0 spiro atoms. The van der Waals surface area contributed by atoms with Crippen molar-refractivity contribution < 1.29 is 17.9 Å². The molecule has 1 aliphatic rings. The second-order valence-electron chi connectivity index (χ2n) is 8.43. The van der Waals surface area contributed by atoms with Crippen molar-refractivity contribution in [2.24, 2.45) is 0 Å². The summed E-state index contributed by atoms with van der Waals surface area (Å²) in [5.41, 5.74) is 1.47. The largest absolute Gasteiger partial charge is 0.489 e. The maximum Gasteiger partial charge on any atom is 0.264 e. The van der Waals surface area contributed by atoms with Crippen LogP contribution in [0.15, 0.2) is 83.8 Å². The summed E-state index contributed by atoms with van der Waals surface area (Å²) in [6.45, 7) is 2.89. The predicted molar refractivity (Wildman–Crippen MR) is 133 cm³/mol. The van der Waals surface area contributed by atoms with Crippen LogP contribution in [0.2, 0.25) is 0 Å². The maximum absolute atomic E-state index is 13.6. The molecule has 0 saturated carbocycles. The zero-order valence-corrected chi connectivity index (χ0v) is 20.3. The van der Waals surface area contributed by atoms with Crippen LogP contribution in [0.1, 0.15) is 30.9 Å². The van der Waals surface area contributed by atoms with Crippen molar-refractivity contribution in [1.29, 1.82) is 5.26 Å². The van der Waals surface area contributed by atoms with E-state index in [1.54, 1.807) is 60.4 Å². The van der Waals surface area contributed by atoms with Crippen molar-refractivity contribution in [2.75, 3.05) is 17.4 Å². The van der Waals surface area contributed by atoms with Gasteiger partial charge in [0.1, 0.15) is 17.9 Å². The van der Waals surface area contributed by atoms with Crippen LogP contribution >= 0.6 is 0 Å². The highest BCUT2D eigenvalue weighted by Gasteiger charge is 2.27. The van der Waals surface area contributed by atoms with Crippen LogP contribution in [0.4, 0.5) is 5.69 Å². The number of ether oxygens (including phenoxy) is 1. The molecule has 0 atom stereocenters. The van der Waals surface area contributed by atoms with Crippen molar-refractivity contribution in [3.05, 3.63) is 90.0 Å². The zero-order chi connectivity index (χ0) is 24.8. The summed E-state index contributed by atoms with van der Waals surface area (Å²) in [7, 11) is -3.89. The minimum atomic E-state index is -3.89. The van der Waals surface area contributed by atoms with E-state index in [1.165, 1.54) is 4.31 Å². The van der Waals surface area contributed by atoms with Crippen molar-refractivity contribution in [1.82, 2.24) is 4.90 Å². The normalized spacial score (nSPS) is 14.2. The Kier molecular flexibility index (Phi) is 7.37. The Balaban J connectivity index is 1.64. The molecule has 180 valence electrons. The van der Waals surface area contributed by atoms with Crippen LogP contribution in [-0.2, 0) is 21.4 Å². The quantitative estimate of drug-likeness (QED) is 0.492. The molecular weight excluding hydrogens is 462 g/mol. The Bertz CT molecular complexity index is 1310. The fourth-order valence-electron chi connectivity index (χ4n) is 4.12. The van der Waals surface area contributed by atoms with Crippen LogP contribution in [0.3, 0.4) is 0 Å². The van der Waals surface area contributed by atoms with Gasteiger partial charge >= 0.3 is 0 Å². The minimum Gasteiger partial charge on any atom is -0.489 e. The molecule has 1 saturated heterocycles. The number of hydrogen-bond acceptors (Lipinski definition) is 5. The van der Waals surface area contributed by atoms with Crippen LogP contribution in [0.5, 0.6) is 5.75 Å². The summed E-state index contributed by atoms with van der Waals surface area (Å²) in [6, 6.07) is 24.6. The molecule has 1 fully saturated rings. The van der Waals surface area contributed by atoms with E-state index < -0.39 is 10.0 Å².